The molecule has 5 nitrogen and oxygen atoms in total. The maximum atomic E-state index is 12.6. The smallest absolute Gasteiger partial charge is 0.227 e. The normalized spacial score (nSPS) is 11.9. The number of aliphatic hydroxyl groups is 1. The van der Waals surface area contributed by atoms with E-state index in [1.54, 1.807) is 23.5 Å². The van der Waals surface area contributed by atoms with Crippen molar-refractivity contribution in [1.82, 2.24) is 14.9 Å². The molecule has 0 bridgehead atoms. The average molecular weight is 299 g/mol. The highest BCUT2D eigenvalue weighted by atomic mass is 16.3. The zero-order valence-electron chi connectivity index (χ0n) is 12.7. The van der Waals surface area contributed by atoms with E-state index in [0.29, 0.717) is 13.0 Å². The Morgan fingerprint density at radius 2 is 2.14 bits per heavy atom. The molecule has 1 amide bonds. The van der Waals surface area contributed by atoms with E-state index in [0.717, 1.165) is 11.3 Å². The number of carbonyl (C=O) groups is 1. The van der Waals surface area contributed by atoms with Crippen molar-refractivity contribution in [2.24, 2.45) is 0 Å². The second-order valence-corrected chi connectivity index (χ2v) is 5.13. The Kier molecular flexibility index (Phi) is 6.03. The Hall–Kier alpha value is -2.27. The molecule has 0 aliphatic carbocycles. The largest absolute Gasteiger partial charge is 0.394 e. The number of nitrogens with zero attached hydrogens (tertiary/aromatic N) is 3. The van der Waals surface area contributed by atoms with Crippen LogP contribution in [0.1, 0.15) is 24.6 Å². The van der Waals surface area contributed by atoms with Crippen LogP contribution in [0.4, 0.5) is 0 Å². The van der Waals surface area contributed by atoms with E-state index in [-0.39, 0.29) is 25.0 Å². The van der Waals surface area contributed by atoms with Crippen molar-refractivity contribution < 1.29 is 9.90 Å². The third-order valence-corrected chi connectivity index (χ3v) is 3.58. The Labute approximate surface area is 130 Å². The van der Waals surface area contributed by atoms with E-state index in [9.17, 15) is 9.90 Å². The summed E-state index contributed by atoms with van der Waals surface area (Å²) < 4.78 is 0. The number of hydrogen-bond acceptors (Lipinski definition) is 4. The van der Waals surface area contributed by atoms with Crippen LogP contribution in [0, 0.1) is 0 Å². The highest BCUT2D eigenvalue weighted by molar-refractivity contribution is 5.79. The number of carbonyl (C=O) groups excluding carboxylic acids is 1. The van der Waals surface area contributed by atoms with Gasteiger partial charge in [0.25, 0.3) is 0 Å². The van der Waals surface area contributed by atoms with Crippen molar-refractivity contribution >= 4 is 5.91 Å². The lowest BCUT2D eigenvalue weighted by Crippen LogP contribution is -2.42. The number of aromatic nitrogens is 2. The molecule has 2 heterocycles. The van der Waals surface area contributed by atoms with Gasteiger partial charge in [-0.25, -0.2) is 0 Å². The first-order valence-corrected chi connectivity index (χ1v) is 7.43. The summed E-state index contributed by atoms with van der Waals surface area (Å²) in [6.07, 6.45) is 6.05. The summed E-state index contributed by atoms with van der Waals surface area (Å²) in [5.41, 5.74) is 1.68. The van der Waals surface area contributed by atoms with Gasteiger partial charge in [0.1, 0.15) is 0 Å². The van der Waals surface area contributed by atoms with Gasteiger partial charge in [-0.3, -0.25) is 14.8 Å². The average Bonchev–Trinajstić information content (AvgIpc) is 2.57. The van der Waals surface area contributed by atoms with Gasteiger partial charge in [-0.1, -0.05) is 19.1 Å². The second kappa shape index (κ2) is 8.24. The van der Waals surface area contributed by atoms with Crippen molar-refractivity contribution in [3.63, 3.8) is 0 Å². The first-order valence-electron chi connectivity index (χ1n) is 7.43. The molecule has 0 fully saturated rings. The number of pyridine rings is 2. The molecule has 0 radical (unpaired) electrons. The molecule has 0 aromatic carbocycles. The van der Waals surface area contributed by atoms with Crippen molar-refractivity contribution in [3.8, 4) is 0 Å². The molecule has 2 aromatic rings. The molecule has 0 aliphatic heterocycles. The van der Waals surface area contributed by atoms with Crippen LogP contribution in [0.25, 0.3) is 0 Å². The van der Waals surface area contributed by atoms with Crippen LogP contribution in [0.2, 0.25) is 0 Å². The minimum Gasteiger partial charge on any atom is -0.394 e. The zero-order valence-corrected chi connectivity index (χ0v) is 12.7. The molecule has 1 N–H and O–H groups in total. The fourth-order valence-corrected chi connectivity index (χ4v) is 2.31. The lowest BCUT2D eigenvalue weighted by molar-refractivity contribution is -0.134. The summed E-state index contributed by atoms with van der Waals surface area (Å²) in [6.45, 7) is 2.31. The van der Waals surface area contributed by atoms with E-state index in [4.69, 9.17) is 0 Å². The molecule has 0 saturated carbocycles. The van der Waals surface area contributed by atoms with Crippen LogP contribution in [0.5, 0.6) is 0 Å². The number of aliphatic hydroxyl groups excluding tert-OH is 1. The lowest BCUT2D eigenvalue weighted by atomic mass is 10.1. The van der Waals surface area contributed by atoms with Gasteiger partial charge in [-0.15, -0.1) is 0 Å². The SMILES string of the molecule is CCC(CO)N(Cc1ccccn1)C(=O)Cc1cccnc1. The van der Waals surface area contributed by atoms with Gasteiger partial charge in [0.05, 0.1) is 31.3 Å². The summed E-state index contributed by atoms with van der Waals surface area (Å²) in [5.74, 6) is -0.0282. The topological polar surface area (TPSA) is 66.3 Å². The lowest BCUT2D eigenvalue weighted by Gasteiger charge is -2.30. The molecule has 0 spiro atoms. The number of amides is 1. The fourth-order valence-electron chi connectivity index (χ4n) is 2.31. The first kappa shape index (κ1) is 16.1. The Bertz CT molecular complexity index is 571. The van der Waals surface area contributed by atoms with Crippen LogP contribution in [-0.4, -0.2) is 38.5 Å². The summed E-state index contributed by atoms with van der Waals surface area (Å²) in [5, 5.41) is 9.56. The fraction of sp³-hybridized carbons (Fsp3) is 0.353. The molecule has 1 unspecified atom stereocenters. The zero-order chi connectivity index (χ0) is 15.8. The summed E-state index contributed by atoms with van der Waals surface area (Å²) in [4.78, 5) is 22.6. The van der Waals surface area contributed by atoms with Crippen LogP contribution >= 0.6 is 0 Å². The molecule has 1 atom stereocenters. The molecule has 5 heteroatoms. The molecular weight excluding hydrogens is 278 g/mol. The maximum Gasteiger partial charge on any atom is 0.227 e. The molecule has 116 valence electrons. The summed E-state index contributed by atoms with van der Waals surface area (Å²) in [7, 11) is 0. The van der Waals surface area contributed by atoms with Crippen molar-refractivity contribution in [2.45, 2.75) is 32.4 Å². The van der Waals surface area contributed by atoms with Crippen molar-refractivity contribution in [3.05, 3.63) is 60.2 Å². The van der Waals surface area contributed by atoms with Crippen LogP contribution in [0.3, 0.4) is 0 Å². The Morgan fingerprint density at radius 1 is 1.27 bits per heavy atom. The standard InChI is InChI=1S/C17H21N3O2/c1-2-16(13-21)20(12-15-7-3-4-9-19-15)17(22)10-14-6-5-8-18-11-14/h3-9,11,16,21H,2,10,12-13H2,1H3. The summed E-state index contributed by atoms with van der Waals surface area (Å²) in [6, 6.07) is 9.11. The van der Waals surface area contributed by atoms with Crippen LogP contribution < -0.4 is 0 Å². The van der Waals surface area contributed by atoms with Crippen molar-refractivity contribution in [2.75, 3.05) is 6.61 Å². The molecule has 2 rings (SSSR count). The quantitative estimate of drug-likeness (QED) is 0.847. The predicted molar refractivity (Wildman–Crippen MR) is 83.9 cm³/mol. The minimum atomic E-state index is -0.203. The van der Waals surface area contributed by atoms with Gasteiger partial charge in [0, 0.05) is 18.6 Å². The molecule has 0 saturated heterocycles. The maximum absolute atomic E-state index is 12.6. The molecule has 0 aliphatic rings. The second-order valence-electron chi connectivity index (χ2n) is 5.13. The monoisotopic (exact) mass is 299 g/mol. The van der Waals surface area contributed by atoms with E-state index in [2.05, 4.69) is 9.97 Å². The van der Waals surface area contributed by atoms with E-state index in [1.165, 1.54) is 0 Å². The molecular formula is C17H21N3O2. The number of hydrogen-bond donors (Lipinski definition) is 1. The molecule has 2 aromatic heterocycles. The third-order valence-electron chi connectivity index (χ3n) is 3.58. The van der Waals surface area contributed by atoms with E-state index in [1.807, 2.05) is 37.3 Å². The van der Waals surface area contributed by atoms with Crippen molar-refractivity contribution in [1.29, 1.82) is 0 Å². The van der Waals surface area contributed by atoms with Crippen LogP contribution in [0.15, 0.2) is 48.9 Å². The number of rotatable bonds is 7. The highest BCUT2D eigenvalue weighted by Crippen LogP contribution is 2.12. The first-order chi connectivity index (χ1) is 10.7. The van der Waals surface area contributed by atoms with E-state index >= 15 is 0 Å². The van der Waals surface area contributed by atoms with Gasteiger partial charge in [0.15, 0.2) is 0 Å². The van der Waals surface area contributed by atoms with Gasteiger partial charge >= 0.3 is 0 Å². The van der Waals surface area contributed by atoms with Gasteiger partial charge < -0.3 is 10.0 Å². The Morgan fingerprint density at radius 3 is 2.73 bits per heavy atom. The highest BCUT2D eigenvalue weighted by Gasteiger charge is 2.22. The van der Waals surface area contributed by atoms with Gasteiger partial charge in [0.2, 0.25) is 5.91 Å². The van der Waals surface area contributed by atoms with Gasteiger partial charge in [-0.2, -0.15) is 0 Å². The minimum absolute atomic E-state index is 0.0282. The summed E-state index contributed by atoms with van der Waals surface area (Å²) >= 11 is 0. The van der Waals surface area contributed by atoms with Crippen LogP contribution in [-0.2, 0) is 17.8 Å². The Balaban J connectivity index is 2.14. The predicted octanol–water partition coefficient (Wildman–Crippen LogP) is 1.82. The third kappa shape index (κ3) is 4.36. The molecule has 22 heavy (non-hydrogen) atoms. The van der Waals surface area contributed by atoms with Gasteiger partial charge in [-0.05, 0) is 30.2 Å². The van der Waals surface area contributed by atoms with E-state index < -0.39 is 0 Å².